The van der Waals surface area contributed by atoms with E-state index in [2.05, 4.69) is 28.8 Å². The van der Waals surface area contributed by atoms with Crippen LogP contribution in [0.25, 0.3) is 11.0 Å². The highest BCUT2D eigenvalue weighted by Crippen LogP contribution is 2.39. The van der Waals surface area contributed by atoms with Gasteiger partial charge in [0.05, 0.1) is 35.5 Å². The molecule has 3 aromatic heterocycles. The largest absolute Gasteiger partial charge is 0.480 e. The number of rotatable bonds is 20. The quantitative estimate of drug-likeness (QED) is 0.0553. The number of carbonyl (C=O) groups excluding carboxylic acids is 2. The molecule has 1 fully saturated rings. The van der Waals surface area contributed by atoms with Gasteiger partial charge in [-0.15, -0.1) is 0 Å². The second-order valence-corrected chi connectivity index (χ2v) is 20.1. The minimum atomic E-state index is -1.24. The van der Waals surface area contributed by atoms with Gasteiger partial charge in [0.15, 0.2) is 10.8 Å². The van der Waals surface area contributed by atoms with Crippen molar-refractivity contribution in [3.8, 4) is 6.01 Å². The van der Waals surface area contributed by atoms with E-state index in [9.17, 15) is 29.1 Å². The number of benzene rings is 1. The highest BCUT2D eigenvalue weighted by Gasteiger charge is 2.48. The number of amides is 2. The average molecular weight is 1070 g/mol. The lowest BCUT2D eigenvalue weighted by Gasteiger charge is -2.27. The summed E-state index contributed by atoms with van der Waals surface area (Å²) in [4.78, 5) is 77.4. The molecule has 1 atom stereocenters. The average Bonchev–Trinajstić information content (AvgIpc) is 4.15. The molecule has 6 rings (SSSR count). The molecule has 2 aliphatic rings. The van der Waals surface area contributed by atoms with Gasteiger partial charge in [-0.3, -0.25) is 19.1 Å². The van der Waals surface area contributed by atoms with Crippen LogP contribution in [0.4, 0.5) is 0 Å². The van der Waals surface area contributed by atoms with Crippen LogP contribution in [0.1, 0.15) is 190 Å². The normalized spacial score (nSPS) is 14.0. The number of unbranched alkanes of at least 4 members (excludes halogenated alkanes) is 3. The van der Waals surface area contributed by atoms with Gasteiger partial charge in [-0.25, -0.2) is 24.4 Å². The first-order valence-corrected chi connectivity index (χ1v) is 26.6. The Hall–Kier alpha value is -5.86. The number of carbonyl (C=O) groups is 5. The summed E-state index contributed by atoms with van der Waals surface area (Å²) in [7, 11) is 8.74. The van der Waals surface area contributed by atoms with Gasteiger partial charge in [0.2, 0.25) is 5.91 Å². The Bertz CT molecular complexity index is 2530. The number of aliphatic carboxylic acids is 1. The fourth-order valence-electron chi connectivity index (χ4n) is 8.82. The summed E-state index contributed by atoms with van der Waals surface area (Å²) in [5.41, 5.74) is 0.868. The van der Waals surface area contributed by atoms with Crippen molar-refractivity contribution in [2.24, 2.45) is 32.1 Å². The summed E-state index contributed by atoms with van der Waals surface area (Å²) in [5, 5.41) is 46.5. The molecule has 0 bridgehead atoms. The summed E-state index contributed by atoms with van der Waals surface area (Å²) in [6.07, 6.45) is 14.4. The molecule has 1 saturated carbocycles. The van der Waals surface area contributed by atoms with E-state index in [-0.39, 0.29) is 46.8 Å². The van der Waals surface area contributed by atoms with Gasteiger partial charge >= 0.3 is 17.9 Å². The number of aliphatic hydroxyl groups is 2. The number of aromatic nitrogens is 6. The molecule has 4 aromatic rings. The van der Waals surface area contributed by atoms with Crippen LogP contribution >= 0.6 is 11.6 Å². The highest BCUT2D eigenvalue weighted by atomic mass is 35.5. The van der Waals surface area contributed by atoms with E-state index in [1.54, 1.807) is 53.4 Å². The zero-order valence-corrected chi connectivity index (χ0v) is 47.8. The molecule has 1 unspecified atom stereocenters. The lowest BCUT2D eigenvalue weighted by atomic mass is 9.98. The minimum Gasteiger partial charge on any atom is -0.480 e. The number of imidazole rings is 3. The number of aliphatic hydroxyl groups excluding tert-OH is 1. The van der Waals surface area contributed by atoms with E-state index in [4.69, 9.17) is 41.8 Å². The second kappa shape index (κ2) is 30.6. The fraction of sp³-hybridized carbons (Fsp3) is 0.648. The fourth-order valence-corrected chi connectivity index (χ4v) is 9.10. The van der Waals surface area contributed by atoms with Crippen LogP contribution in [0.3, 0.4) is 0 Å². The number of carboxylic acid groups (broad SMARTS) is 3. The maximum Gasteiger partial charge on any atom is 0.354 e. The number of aromatic carboxylic acids is 2. The number of hydrogen-bond donors (Lipinski definition) is 5. The third-order valence-corrected chi connectivity index (χ3v) is 13.3. The van der Waals surface area contributed by atoms with E-state index in [0.717, 1.165) is 95.1 Å². The number of hydrogen-bond acceptors (Lipinski definition) is 12. The van der Waals surface area contributed by atoms with Crippen LogP contribution in [0.2, 0.25) is 5.15 Å². The van der Waals surface area contributed by atoms with Gasteiger partial charge < -0.3 is 49.2 Å². The van der Waals surface area contributed by atoms with Gasteiger partial charge in [-0.1, -0.05) is 91.3 Å². The lowest BCUT2D eigenvalue weighted by Crippen LogP contribution is -2.45. The number of carboxylic acids is 3. The standard InChI is InChI=1S/C12H20N2O.C11H12N2O3.C11H18N2O3.C11H21NO3.C9H15ClN2O/c1-3-4-7-10-13-12(8-5-6-9-12)11(15)14(10)2;1-3-16-11-12-8-6-4-5-7(10(14)15)9(8)13(11)2;1-5-6-7-12-9(11(2,3)16)8(10(14)15)13(7)4;1-5-6-7-9(13)12(4)10(8(2)3)11(14)15;1-3-4-5-8-11-9(10)7(6-13)12(8)2/h3-9H2,1-2H3;4-6H,3H2,1-2H3,(H,14,15);16H,5-6H2,1-4H3,(H,14,15);8,10H,5-7H2,1-4H3,(H,14,15);13H,3-6H2,1-2H3. The Labute approximate surface area is 448 Å². The third-order valence-electron chi connectivity index (χ3n) is 13.0. The number of fused-ring (bicyclic) bond motifs is 1. The molecule has 1 aromatic carbocycles. The molecule has 0 saturated heterocycles. The number of para-hydroxylation sites is 1. The summed E-state index contributed by atoms with van der Waals surface area (Å²) < 4.78 is 10.4. The maximum absolute atomic E-state index is 12.1. The first-order valence-electron chi connectivity index (χ1n) is 26.2. The van der Waals surface area contributed by atoms with Crippen molar-refractivity contribution in [2.75, 3.05) is 20.7 Å². The van der Waals surface area contributed by atoms with E-state index < -0.39 is 29.6 Å². The molecule has 20 nitrogen and oxygen atoms in total. The molecule has 75 heavy (non-hydrogen) atoms. The topological polar surface area (TPSA) is 268 Å². The number of halogens is 1. The van der Waals surface area contributed by atoms with Gasteiger partial charge in [0, 0.05) is 60.9 Å². The second-order valence-electron chi connectivity index (χ2n) is 19.7. The van der Waals surface area contributed by atoms with Crippen molar-refractivity contribution < 1.29 is 54.2 Å². The molecule has 5 N–H and O–H groups in total. The summed E-state index contributed by atoms with van der Waals surface area (Å²) in [5.74, 6) is -0.206. The first kappa shape index (κ1) is 65.3. The maximum atomic E-state index is 12.1. The molecule has 21 heteroatoms. The molecule has 2 amide bonds. The Morgan fingerprint density at radius 1 is 0.813 bits per heavy atom. The van der Waals surface area contributed by atoms with Crippen LogP contribution in [0, 0.1) is 5.92 Å². The number of aryl methyl sites for hydroxylation is 3. The van der Waals surface area contributed by atoms with E-state index in [1.165, 1.54) is 18.7 Å². The minimum absolute atomic E-state index is 0.0472. The number of nitrogens with zero attached hydrogens (tertiary/aromatic N) is 9. The van der Waals surface area contributed by atoms with Gasteiger partial charge in [-0.05, 0) is 77.3 Å². The lowest BCUT2D eigenvalue weighted by molar-refractivity contribution is -0.151. The van der Waals surface area contributed by atoms with E-state index >= 15 is 0 Å². The molecule has 1 aliphatic carbocycles. The smallest absolute Gasteiger partial charge is 0.354 e. The van der Waals surface area contributed by atoms with Crippen molar-refractivity contribution in [1.29, 1.82) is 0 Å². The molecular formula is C54H86ClN9O11. The Morgan fingerprint density at radius 2 is 1.40 bits per heavy atom. The molecule has 420 valence electrons. The predicted molar refractivity (Wildman–Crippen MR) is 290 cm³/mol. The molecule has 4 heterocycles. The molecule has 1 aliphatic heterocycles. The molecule has 0 radical (unpaired) electrons. The molecule has 1 spiro atoms. The first-order chi connectivity index (χ1) is 35.2. The van der Waals surface area contributed by atoms with Gasteiger partial charge in [0.1, 0.15) is 40.4 Å². The Morgan fingerprint density at radius 3 is 1.87 bits per heavy atom. The van der Waals surface area contributed by atoms with Crippen molar-refractivity contribution in [3.05, 3.63) is 57.6 Å². The number of amidine groups is 1. The van der Waals surface area contributed by atoms with Crippen molar-refractivity contribution in [1.82, 2.24) is 38.5 Å². The van der Waals surface area contributed by atoms with Crippen molar-refractivity contribution in [2.45, 2.75) is 182 Å². The van der Waals surface area contributed by atoms with Gasteiger partial charge in [0.25, 0.3) is 11.9 Å². The number of aliphatic imine (C=N–C) groups is 1. The third kappa shape index (κ3) is 17.6. The van der Waals surface area contributed by atoms with Gasteiger partial charge in [-0.2, -0.15) is 4.98 Å². The molecular weight excluding hydrogens is 986 g/mol. The van der Waals surface area contributed by atoms with E-state index in [1.807, 2.05) is 53.3 Å². The van der Waals surface area contributed by atoms with Crippen molar-refractivity contribution in [3.63, 3.8) is 0 Å². The van der Waals surface area contributed by atoms with Crippen LogP contribution in [0.15, 0.2) is 23.2 Å². The van der Waals surface area contributed by atoms with Crippen LogP contribution in [-0.2, 0) is 60.6 Å². The Balaban J connectivity index is 0.000000321. The number of likely N-dealkylation sites (N-methyl/N-ethyl adjacent to an activating group) is 2. The van der Waals surface area contributed by atoms with Crippen LogP contribution in [0.5, 0.6) is 6.01 Å². The SMILES string of the molecule is CCCCC(=O)N(C)C(C(=O)O)C(C)C.CCCCC1=NC2(CCCC2)C(=O)N1C.CCCCc1nc(Cl)c(CO)n1C.CCCc1nc(C(C)(C)O)c(C(=O)O)n1C.CCOc1nc2cccc(C(=O)O)c2n1C. The van der Waals surface area contributed by atoms with Crippen LogP contribution in [-0.4, -0.2) is 132 Å². The highest BCUT2D eigenvalue weighted by molar-refractivity contribution is 6.30. The number of ether oxygens (including phenoxy) is 1. The summed E-state index contributed by atoms with van der Waals surface area (Å²) >= 11 is 5.84. The van der Waals surface area contributed by atoms with Crippen LogP contribution < -0.4 is 4.74 Å². The van der Waals surface area contributed by atoms with E-state index in [0.29, 0.717) is 53.2 Å². The predicted octanol–water partition coefficient (Wildman–Crippen LogP) is 8.98. The zero-order valence-electron chi connectivity index (χ0n) is 47.0. The summed E-state index contributed by atoms with van der Waals surface area (Å²) in [6, 6.07) is 4.72. The Kier molecular flexibility index (Phi) is 26.6. The van der Waals surface area contributed by atoms with Crippen molar-refractivity contribution >= 4 is 58.2 Å². The zero-order chi connectivity index (χ0) is 57.0. The monoisotopic (exact) mass is 1070 g/mol. The summed E-state index contributed by atoms with van der Waals surface area (Å²) in [6.45, 7) is 17.3.